The van der Waals surface area contributed by atoms with Crippen LogP contribution in [0.15, 0.2) is 30.3 Å². The minimum absolute atomic E-state index is 0.000629. The SMILES string of the molecule is COc1cc(C#CCCCC#Cc2cc(O)cc(O)c2)cc2c1OCO2. The second kappa shape index (κ2) is 8.09. The number of rotatable bonds is 3. The summed E-state index contributed by atoms with van der Waals surface area (Å²) in [6.07, 6.45) is 2.21. The molecule has 2 aromatic carbocycles. The highest BCUT2D eigenvalue weighted by atomic mass is 16.7. The van der Waals surface area contributed by atoms with Crippen LogP contribution >= 0.6 is 0 Å². The largest absolute Gasteiger partial charge is 0.508 e. The minimum Gasteiger partial charge on any atom is -0.508 e. The molecule has 0 unspecified atom stereocenters. The monoisotopic (exact) mass is 350 g/mol. The summed E-state index contributed by atoms with van der Waals surface area (Å²) < 4.78 is 16.0. The van der Waals surface area contributed by atoms with E-state index >= 15 is 0 Å². The van der Waals surface area contributed by atoms with E-state index in [1.54, 1.807) is 7.11 Å². The Bertz CT molecular complexity index is 905. The summed E-state index contributed by atoms with van der Waals surface area (Å²) in [4.78, 5) is 0. The topological polar surface area (TPSA) is 68.2 Å². The van der Waals surface area contributed by atoms with Gasteiger partial charge in [0, 0.05) is 36.1 Å². The zero-order chi connectivity index (χ0) is 18.4. The van der Waals surface area contributed by atoms with Crippen molar-refractivity contribution in [1.29, 1.82) is 0 Å². The fourth-order valence-electron chi connectivity index (χ4n) is 2.46. The Morgan fingerprint density at radius 1 is 0.923 bits per heavy atom. The number of unbranched alkanes of at least 4 members (excludes halogenated alkanes) is 2. The minimum atomic E-state index is -0.000629. The maximum Gasteiger partial charge on any atom is 0.231 e. The van der Waals surface area contributed by atoms with Gasteiger partial charge >= 0.3 is 0 Å². The van der Waals surface area contributed by atoms with Crippen LogP contribution in [0.25, 0.3) is 0 Å². The van der Waals surface area contributed by atoms with Crippen LogP contribution < -0.4 is 14.2 Å². The highest BCUT2D eigenvalue weighted by molar-refractivity contribution is 5.58. The Labute approximate surface area is 152 Å². The molecule has 5 heteroatoms. The van der Waals surface area contributed by atoms with Crippen molar-refractivity contribution < 1.29 is 24.4 Å². The molecule has 132 valence electrons. The zero-order valence-electron chi connectivity index (χ0n) is 14.3. The van der Waals surface area contributed by atoms with Gasteiger partial charge in [0.25, 0.3) is 0 Å². The van der Waals surface area contributed by atoms with Crippen LogP contribution in [0.2, 0.25) is 0 Å². The summed E-state index contributed by atoms with van der Waals surface area (Å²) >= 11 is 0. The predicted octanol–water partition coefficient (Wildman–Crippen LogP) is 3.41. The molecule has 0 fully saturated rings. The van der Waals surface area contributed by atoms with Crippen molar-refractivity contribution in [3.8, 4) is 52.4 Å². The van der Waals surface area contributed by atoms with E-state index in [9.17, 15) is 10.2 Å². The molecule has 0 aromatic heterocycles. The molecule has 3 rings (SSSR count). The Balaban J connectivity index is 1.53. The molecule has 0 atom stereocenters. The number of phenols is 2. The summed E-state index contributed by atoms with van der Waals surface area (Å²) in [6.45, 7) is 0.193. The van der Waals surface area contributed by atoms with Crippen molar-refractivity contribution in [2.45, 2.75) is 19.3 Å². The molecule has 0 saturated carbocycles. The molecule has 0 saturated heterocycles. The van der Waals surface area contributed by atoms with E-state index in [4.69, 9.17) is 14.2 Å². The van der Waals surface area contributed by atoms with E-state index < -0.39 is 0 Å². The van der Waals surface area contributed by atoms with Crippen molar-refractivity contribution in [3.05, 3.63) is 41.5 Å². The van der Waals surface area contributed by atoms with Gasteiger partial charge in [0.15, 0.2) is 11.5 Å². The summed E-state index contributed by atoms with van der Waals surface area (Å²) in [5.74, 6) is 14.0. The first kappa shape index (κ1) is 17.4. The molecule has 26 heavy (non-hydrogen) atoms. The summed E-state index contributed by atoms with van der Waals surface area (Å²) in [7, 11) is 1.58. The number of fused-ring (bicyclic) bond motifs is 1. The van der Waals surface area contributed by atoms with Gasteiger partial charge < -0.3 is 24.4 Å². The Morgan fingerprint density at radius 2 is 1.58 bits per heavy atom. The highest BCUT2D eigenvalue weighted by Gasteiger charge is 2.19. The van der Waals surface area contributed by atoms with E-state index in [0.29, 0.717) is 35.7 Å². The van der Waals surface area contributed by atoms with Crippen molar-refractivity contribution in [2.75, 3.05) is 13.9 Å². The van der Waals surface area contributed by atoms with E-state index in [-0.39, 0.29) is 18.3 Å². The van der Waals surface area contributed by atoms with Gasteiger partial charge in [-0.2, -0.15) is 0 Å². The molecule has 2 N–H and O–H groups in total. The number of methoxy groups -OCH3 is 1. The second-order valence-corrected chi connectivity index (χ2v) is 5.61. The lowest BCUT2D eigenvalue weighted by atomic mass is 10.1. The van der Waals surface area contributed by atoms with Gasteiger partial charge in [-0.25, -0.2) is 0 Å². The Kier molecular flexibility index (Phi) is 5.41. The molecular formula is C21H18O5. The lowest BCUT2D eigenvalue weighted by Crippen LogP contribution is -1.93. The number of hydrogen-bond acceptors (Lipinski definition) is 5. The normalized spacial score (nSPS) is 11.1. The van der Waals surface area contributed by atoms with Crippen molar-refractivity contribution in [3.63, 3.8) is 0 Å². The maximum absolute atomic E-state index is 9.40. The molecule has 0 spiro atoms. The van der Waals surface area contributed by atoms with Gasteiger partial charge in [-0.3, -0.25) is 0 Å². The number of ether oxygens (including phenoxy) is 3. The molecule has 5 nitrogen and oxygen atoms in total. The first-order valence-corrected chi connectivity index (χ1v) is 8.14. The third-order valence-corrected chi connectivity index (χ3v) is 3.63. The van der Waals surface area contributed by atoms with Crippen LogP contribution in [0.1, 0.15) is 30.4 Å². The molecule has 0 aliphatic carbocycles. The van der Waals surface area contributed by atoms with Crippen LogP contribution in [0.3, 0.4) is 0 Å². The first-order chi connectivity index (χ1) is 12.7. The summed E-state index contributed by atoms with van der Waals surface area (Å²) in [5, 5.41) is 18.8. The predicted molar refractivity (Wildman–Crippen MR) is 96.5 cm³/mol. The maximum atomic E-state index is 9.40. The van der Waals surface area contributed by atoms with Crippen LogP contribution in [0.5, 0.6) is 28.7 Å². The molecule has 2 aromatic rings. The lowest BCUT2D eigenvalue weighted by molar-refractivity contribution is 0.171. The first-order valence-electron chi connectivity index (χ1n) is 8.14. The molecule has 0 amide bonds. The molecule has 0 radical (unpaired) electrons. The Morgan fingerprint density at radius 3 is 2.23 bits per heavy atom. The average molecular weight is 350 g/mol. The van der Waals surface area contributed by atoms with Gasteiger partial charge in [0.1, 0.15) is 11.5 Å². The zero-order valence-corrected chi connectivity index (χ0v) is 14.3. The second-order valence-electron chi connectivity index (χ2n) is 5.61. The van der Waals surface area contributed by atoms with Crippen LogP contribution in [0.4, 0.5) is 0 Å². The standard InChI is InChI=1S/C21H18O5/c1-24-19-11-16(12-20-21(19)26-14-25-20)8-6-4-2-3-5-7-15-9-17(22)13-18(23)10-15/h9-13,22-23H,2-4,14H2,1H3. The lowest BCUT2D eigenvalue weighted by Gasteiger charge is -2.04. The number of benzene rings is 2. The van der Waals surface area contributed by atoms with Gasteiger partial charge in [0.2, 0.25) is 12.5 Å². The number of phenolic OH excluding ortho intramolecular Hbond substituents is 2. The van der Waals surface area contributed by atoms with Crippen molar-refractivity contribution >= 4 is 0 Å². The molecule has 0 bridgehead atoms. The van der Waals surface area contributed by atoms with Gasteiger partial charge in [-0.05, 0) is 24.6 Å². The Hall–Kier alpha value is -3.44. The van der Waals surface area contributed by atoms with Gasteiger partial charge in [-0.1, -0.05) is 23.7 Å². The molecule has 1 aliphatic heterocycles. The summed E-state index contributed by atoms with van der Waals surface area (Å²) in [6, 6.07) is 7.96. The van der Waals surface area contributed by atoms with Crippen molar-refractivity contribution in [1.82, 2.24) is 0 Å². The van der Waals surface area contributed by atoms with Crippen LogP contribution in [0, 0.1) is 23.7 Å². The van der Waals surface area contributed by atoms with E-state index in [2.05, 4.69) is 23.7 Å². The quantitative estimate of drug-likeness (QED) is 0.656. The molecule has 1 aliphatic rings. The average Bonchev–Trinajstić information content (AvgIpc) is 3.08. The van der Waals surface area contributed by atoms with E-state index in [1.807, 2.05) is 12.1 Å². The van der Waals surface area contributed by atoms with Crippen molar-refractivity contribution in [2.24, 2.45) is 0 Å². The van der Waals surface area contributed by atoms with E-state index in [0.717, 1.165) is 12.0 Å². The third-order valence-electron chi connectivity index (χ3n) is 3.63. The van der Waals surface area contributed by atoms with Crippen LogP contribution in [-0.2, 0) is 0 Å². The fraction of sp³-hybridized carbons (Fsp3) is 0.238. The fourth-order valence-corrected chi connectivity index (χ4v) is 2.46. The van der Waals surface area contributed by atoms with Gasteiger partial charge in [0.05, 0.1) is 7.11 Å². The highest BCUT2D eigenvalue weighted by Crippen LogP contribution is 2.41. The molecule has 1 heterocycles. The van der Waals surface area contributed by atoms with Gasteiger partial charge in [-0.15, -0.1) is 0 Å². The summed E-state index contributed by atoms with van der Waals surface area (Å²) in [5.41, 5.74) is 1.40. The molecular weight excluding hydrogens is 332 g/mol. The number of hydrogen-bond donors (Lipinski definition) is 2. The smallest absolute Gasteiger partial charge is 0.231 e. The van der Waals surface area contributed by atoms with Crippen LogP contribution in [-0.4, -0.2) is 24.1 Å². The van der Waals surface area contributed by atoms with E-state index in [1.165, 1.54) is 18.2 Å². The third kappa shape index (κ3) is 4.34. The number of aromatic hydroxyl groups is 2.